The first kappa shape index (κ1) is 17.6. The molecule has 0 radical (unpaired) electrons. The Hall–Kier alpha value is -2.81. The Morgan fingerprint density at radius 3 is 2.89 bits per heavy atom. The van der Waals surface area contributed by atoms with Gasteiger partial charge in [-0.15, -0.1) is 5.10 Å². The molecule has 1 amide bonds. The van der Waals surface area contributed by atoms with Crippen molar-refractivity contribution in [3.05, 3.63) is 42.2 Å². The minimum Gasteiger partial charge on any atom is -0.342 e. The molecule has 3 aromatic rings. The summed E-state index contributed by atoms with van der Waals surface area (Å²) < 4.78 is 3.64. The number of aromatic nitrogens is 6. The Balaban J connectivity index is 1.46. The number of fused-ring (bicyclic) bond motifs is 1. The molecule has 0 spiro atoms. The van der Waals surface area contributed by atoms with E-state index in [1.165, 1.54) is 0 Å². The highest BCUT2D eigenvalue weighted by Crippen LogP contribution is 2.27. The predicted molar refractivity (Wildman–Crippen MR) is 99.0 cm³/mol. The molecule has 3 aromatic heterocycles. The summed E-state index contributed by atoms with van der Waals surface area (Å²) in [6, 6.07) is 2.18. The zero-order chi connectivity index (χ0) is 18.8. The first-order valence-electron chi connectivity index (χ1n) is 9.42. The molecule has 0 aromatic carbocycles. The molecule has 1 fully saturated rings. The van der Waals surface area contributed by atoms with Gasteiger partial charge >= 0.3 is 0 Å². The molecular weight excluding hydrogens is 344 g/mol. The molecule has 0 bridgehead atoms. The summed E-state index contributed by atoms with van der Waals surface area (Å²) in [5.41, 5.74) is 7.06. The van der Waals surface area contributed by atoms with Gasteiger partial charge in [0.15, 0.2) is 5.69 Å². The Morgan fingerprint density at radius 2 is 2.15 bits per heavy atom. The number of nitrogens with one attached hydrogen (secondary N) is 1. The summed E-state index contributed by atoms with van der Waals surface area (Å²) in [7, 11) is 0. The van der Waals surface area contributed by atoms with E-state index in [1.54, 1.807) is 17.1 Å². The van der Waals surface area contributed by atoms with E-state index in [0.717, 1.165) is 31.4 Å². The number of hydrogen-bond acceptors (Lipinski definition) is 6. The molecule has 9 heteroatoms. The Morgan fingerprint density at radius 1 is 1.33 bits per heavy atom. The summed E-state index contributed by atoms with van der Waals surface area (Å²) in [5.74, 6) is 0.368. The number of rotatable bonds is 5. The quantitative estimate of drug-likeness (QED) is 0.707. The highest BCUT2D eigenvalue weighted by molar-refractivity contribution is 5.92. The van der Waals surface area contributed by atoms with Crippen LogP contribution in [0.1, 0.15) is 67.3 Å². The fourth-order valence-corrected chi connectivity index (χ4v) is 3.56. The standard InChI is InChI=1S/C18H24N8O/c1-2-14(15-10-25-9-3-8-20-18(25)22-15)21-17(27)16-11-26(24-23-16)13-6-4-12(19)5-7-13/h3,8-14H,2,4-7,19H2,1H3,(H,21,27)/t12?,13?,14-/m1/s1. The van der Waals surface area contributed by atoms with Gasteiger partial charge in [0.25, 0.3) is 5.91 Å². The highest BCUT2D eigenvalue weighted by atomic mass is 16.2. The monoisotopic (exact) mass is 368 g/mol. The number of carbonyl (C=O) groups excluding carboxylic acids is 1. The average Bonchev–Trinajstić information content (AvgIpc) is 3.33. The van der Waals surface area contributed by atoms with Gasteiger partial charge in [-0.25, -0.2) is 14.6 Å². The number of carbonyl (C=O) groups is 1. The van der Waals surface area contributed by atoms with Gasteiger partial charge in [-0.05, 0) is 38.2 Å². The summed E-state index contributed by atoms with van der Waals surface area (Å²) in [4.78, 5) is 21.4. The normalized spacial score (nSPS) is 21.3. The molecule has 0 saturated heterocycles. The third-order valence-corrected chi connectivity index (χ3v) is 5.18. The second kappa shape index (κ2) is 7.43. The number of hydrogen-bond donors (Lipinski definition) is 2. The van der Waals surface area contributed by atoms with Gasteiger partial charge < -0.3 is 11.1 Å². The van der Waals surface area contributed by atoms with Gasteiger partial charge in [-0.2, -0.15) is 0 Å². The number of amides is 1. The van der Waals surface area contributed by atoms with E-state index in [9.17, 15) is 4.79 Å². The average molecular weight is 368 g/mol. The third-order valence-electron chi connectivity index (χ3n) is 5.18. The summed E-state index contributed by atoms with van der Waals surface area (Å²) >= 11 is 0. The van der Waals surface area contributed by atoms with E-state index in [4.69, 9.17) is 5.73 Å². The minimum atomic E-state index is -0.245. The minimum absolute atomic E-state index is 0.211. The van der Waals surface area contributed by atoms with Crippen molar-refractivity contribution in [2.24, 2.45) is 5.73 Å². The molecule has 27 heavy (non-hydrogen) atoms. The molecule has 1 aliphatic rings. The second-order valence-electron chi connectivity index (χ2n) is 7.08. The first-order chi connectivity index (χ1) is 13.1. The van der Waals surface area contributed by atoms with Crippen LogP contribution >= 0.6 is 0 Å². The van der Waals surface area contributed by atoms with E-state index in [2.05, 4.69) is 25.6 Å². The van der Waals surface area contributed by atoms with Crippen LogP contribution < -0.4 is 11.1 Å². The zero-order valence-corrected chi connectivity index (χ0v) is 15.3. The molecular formula is C18H24N8O. The maximum absolute atomic E-state index is 12.7. The van der Waals surface area contributed by atoms with Crippen LogP contribution in [-0.2, 0) is 0 Å². The smallest absolute Gasteiger partial charge is 0.273 e. The van der Waals surface area contributed by atoms with Crippen LogP contribution in [0.25, 0.3) is 5.78 Å². The summed E-state index contributed by atoms with van der Waals surface area (Å²) in [6.07, 6.45) is 11.8. The highest BCUT2D eigenvalue weighted by Gasteiger charge is 2.23. The van der Waals surface area contributed by atoms with Gasteiger partial charge in [0, 0.05) is 24.6 Å². The fourth-order valence-electron chi connectivity index (χ4n) is 3.56. The lowest BCUT2D eigenvalue weighted by Crippen LogP contribution is -2.29. The van der Waals surface area contributed by atoms with Crippen molar-refractivity contribution in [3.8, 4) is 0 Å². The maximum Gasteiger partial charge on any atom is 0.273 e. The van der Waals surface area contributed by atoms with Crippen molar-refractivity contribution in [3.63, 3.8) is 0 Å². The topological polar surface area (TPSA) is 116 Å². The molecule has 1 saturated carbocycles. The summed E-state index contributed by atoms with van der Waals surface area (Å²) in [6.45, 7) is 2.00. The lowest BCUT2D eigenvalue weighted by molar-refractivity contribution is 0.0929. The van der Waals surface area contributed by atoms with E-state index in [-0.39, 0.29) is 24.0 Å². The van der Waals surface area contributed by atoms with Crippen LogP contribution in [0.3, 0.4) is 0 Å². The molecule has 9 nitrogen and oxygen atoms in total. The van der Waals surface area contributed by atoms with Gasteiger partial charge in [-0.3, -0.25) is 9.20 Å². The van der Waals surface area contributed by atoms with Crippen LogP contribution in [0.4, 0.5) is 0 Å². The molecule has 1 aliphatic carbocycles. The van der Waals surface area contributed by atoms with E-state index in [1.807, 2.05) is 29.8 Å². The van der Waals surface area contributed by atoms with Crippen LogP contribution in [-0.4, -0.2) is 41.3 Å². The van der Waals surface area contributed by atoms with Gasteiger partial charge in [0.05, 0.1) is 24.0 Å². The SMILES string of the molecule is CC[C@@H](NC(=O)c1cn(C2CCC(N)CC2)nn1)c1cn2cccnc2n1. The number of nitrogens with two attached hydrogens (primary N) is 1. The van der Waals surface area contributed by atoms with Gasteiger partial charge in [0.2, 0.25) is 5.78 Å². The molecule has 1 atom stereocenters. The Bertz CT molecular complexity index is 891. The molecule has 3 N–H and O–H groups in total. The molecule has 3 heterocycles. The molecule has 0 unspecified atom stereocenters. The Labute approximate surface area is 157 Å². The second-order valence-corrected chi connectivity index (χ2v) is 7.08. The predicted octanol–water partition coefficient (Wildman–Crippen LogP) is 1.64. The lowest BCUT2D eigenvalue weighted by atomic mass is 9.92. The first-order valence-corrected chi connectivity index (χ1v) is 9.42. The van der Waals surface area contributed by atoms with Crippen molar-refractivity contribution in [2.45, 2.75) is 57.2 Å². The van der Waals surface area contributed by atoms with E-state index in [0.29, 0.717) is 17.9 Å². The lowest BCUT2D eigenvalue weighted by Gasteiger charge is -2.25. The van der Waals surface area contributed by atoms with Crippen molar-refractivity contribution in [2.75, 3.05) is 0 Å². The van der Waals surface area contributed by atoms with Crippen LogP contribution in [0.2, 0.25) is 0 Å². The van der Waals surface area contributed by atoms with Crippen LogP contribution in [0.5, 0.6) is 0 Å². The zero-order valence-electron chi connectivity index (χ0n) is 15.3. The number of imidazole rings is 1. The largest absolute Gasteiger partial charge is 0.342 e. The maximum atomic E-state index is 12.7. The van der Waals surface area contributed by atoms with Crippen molar-refractivity contribution < 1.29 is 4.79 Å². The molecule has 4 rings (SSSR count). The Kier molecular flexibility index (Phi) is 4.85. The van der Waals surface area contributed by atoms with E-state index < -0.39 is 0 Å². The fraction of sp³-hybridized carbons (Fsp3) is 0.500. The van der Waals surface area contributed by atoms with E-state index >= 15 is 0 Å². The van der Waals surface area contributed by atoms with Crippen molar-refractivity contribution in [1.82, 2.24) is 34.7 Å². The number of nitrogens with zero attached hydrogens (tertiary/aromatic N) is 6. The van der Waals surface area contributed by atoms with Crippen molar-refractivity contribution >= 4 is 11.7 Å². The van der Waals surface area contributed by atoms with Crippen molar-refractivity contribution in [1.29, 1.82) is 0 Å². The van der Waals surface area contributed by atoms with Crippen LogP contribution in [0.15, 0.2) is 30.9 Å². The molecule has 142 valence electrons. The summed E-state index contributed by atoms with van der Waals surface area (Å²) in [5, 5.41) is 11.2. The molecule has 0 aliphatic heterocycles. The van der Waals surface area contributed by atoms with Gasteiger partial charge in [0.1, 0.15) is 0 Å². The van der Waals surface area contributed by atoms with Gasteiger partial charge in [-0.1, -0.05) is 12.1 Å². The third kappa shape index (κ3) is 3.68. The van der Waals surface area contributed by atoms with Crippen LogP contribution in [0, 0.1) is 0 Å².